The first-order chi connectivity index (χ1) is 12.5. The van der Waals surface area contributed by atoms with Crippen LogP contribution < -0.4 is 4.74 Å². The number of benzene rings is 3. The van der Waals surface area contributed by atoms with Crippen LogP contribution in [0.1, 0.15) is 5.56 Å². The zero-order valence-corrected chi connectivity index (χ0v) is 13.3. The Bertz CT molecular complexity index is 962. The van der Waals surface area contributed by atoms with Gasteiger partial charge in [0.2, 0.25) is 5.82 Å². The minimum Gasteiger partial charge on any atom is -0.488 e. The van der Waals surface area contributed by atoms with E-state index in [0.29, 0.717) is 0 Å². The van der Waals surface area contributed by atoms with Gasteiger partial charge in [0.05, 0.1) is 11.0 Å². The second-order valence-electron chi connectivity index (χ2n) is 5.46. The lowest BCUT2D eigenvalue weighted by atomic mass is 10.0. The standard InChI is InChI=1S/C19H12F3NO3/c20-13-6-7-16(21)14(8-13)15-9-17(22)18(23(24)25)10-19(15)26-11-12-4-2-1-3-5-12/h1-10H,11H2. The van der Waals surface area contributed by atoms with E-state index in [-0.39, 0.29) is 23.5 Å². The topological polar surface area (TPSA) is 52.4 Å². The molecule has 7 heteroatoms. The molecule has 0 aliphatic rings. The van der Waals surface area contributed by atoms with E-state index in [1.165, 1.54) is 0 Å². The maximum atomic E-state index is 14.1. The fourth-order valence-corrected chi connectivity index (χ4v) is 2.45. The number of rotatable bonds is 5. The van der Waals surface area contributed by atoms with Gasteiger partial charge in [0.1, 0.15) is 24.0 Å². The van der Waals surface area contributed by atoms with Gasteiger partial charge in [-0.25, -0.2) is 8.78 Å². The number of ether oxygens (including phenoxy) is 1. The number of nitrogens with zero attached hydrogens (tertiary/aromatic N) is 1. The normalized spacial score (nSPS) is 10.6. The Kier molecular flexibility index (Phi) is 4.88. The Morgan fingerprint density at radius 3 is 2.31 bits per heavy atom. The van der Waals surface area contributed by atoms with Crippen LogP contribution in [-0.4, -0.2) is 4.92 Å². The SMILES string of the molecule is O=[N+]([O-])c1cc(OCc2ccccc2)c(-c2cc(F)ccc2F)cc1F. The molecule has 0 atom stereocenters. The van der Waals surface area contributed by atoms with Crippen molar-refractivity contribution in [3.8, 4) is 16.9 Å². The zero-order chi connectivity index (χ0) is 18.7. The third-order valence-corrected chi connectivity index (χ3v) is 3.70. The molecule has 0 aliphatic carbocycles. The Hall–Kier alpha value is -3.35. The van der Waals surface area contributed by atoms with Gasteiger partial charge in [-0.1, -0.05) is 30.3 Å². The number of nitro groups is 1. The Morgan fingerprint density at radius 2 is 1.62 bits per heavy atom. The molecular formula is C19H12F3NO3. The van der Waals surface area contributed by atoms with Crippen molar-refractivity contribution < 1.29 is 22.8 Å². The second-order valence-corrected chi connectivity index (χ2v) is 5.46. The van der Waals surface area contributed by atoms with Crippen molar-refractivity contribution in [1.82, 2.24) is 0 Å². The third-order valence-electron chi connectivity index (χ3n) is 3.70. The van der Waals surface area contributed by atoms with Gasteiger partial charge >= 0.3 is 5.69 Å². The number of halogens is 3. The lowest BCUT2D eigenvalue weighted by Gasteiger charge is -2.13. The second kappa shape index (κ2) is 7.26. The molecule has 0 N–H and O–H groups in total. The summed E-state index contributed by atoms with van der Waals surface area (Å²) in [6, 6.07) is 13.2. The summed E-state index contributed by atoms with van der Waals surface area (Å²) >= 11 is 0. The number of hydrogen-bond acceptors (Lipinski definition) is 3. The predicted molar refractivity (Wildman–Crippen MR) is 89.2 cm³/mol. The monoisotopic (exact) mass is 359 g/mol. The van der Waals surface area contributed by atoms with E-state index in [2.05, 4.69) is 0 Å². The van der Waals surface area contributed by atoms with E-state index >= 15 is 0 Å². The first kappa shape index (κ1) is 17.5. The van der Waals surface area contributed by atoms with Crippen LogP contribution in [0.2, 0.25) is 0 Å². The molecule has 26 heavy (non-hydrogen) atoms. The van der Waals surface area contributed by atoms with Gasteiger partial charge in [0.15, 0.2) is 0 Å². The predicted octanol–water partition coefficient (Wildman–Crippen LogP) is 5.26. The molecule has 4 nitrogen and oxygen atoms in total. The fraction of sp³-hybridized carbons (Fsp3) is 0.0526. The van der Waals surface area contributed by atoms with Crippen molar-refractivity contribution in [3.05, 3.63) is 93.8 Å². The third kappa shape index (κ3) is 3.66. The maximum absolute atomic E-state index is 14.1. The highest BCUT2D eigenvalue weighted by Crippen LogP contribution is 2.37. The molecule has 0 bridgehead atoms. The maximum Gasteiger partial charge on any atom is 0.308 e. The van der Waals surface area contributed by atoms with Crippen molar-refractivity contribution in [3.63, 3.8) is 0 Å². The van der Waals surface area contributed by atoms with E-state index in [1.807, 2.05) is 0 Å². The Morgan fingerprint density at radius 1 is 0.885 bits per heavy atom. The number of nitro benzene ring substituents is 1. The van der Waals surface area contributed by atoms with Gasteiger partial charge in [0.25, 0.3) is 0 Å². The molecular weight excluding hydrogens is 347 g/mol. The minimum absolute atomic E-state index is 0.0214. The van der Waals surface area contributed by atoms with Gasteiger partial charge in [0, 0.05) is 11.1 Å². The van der Waals surface area contributed by atoms with Crippen LogP contribution in [0.4, 0.5) is 18.9 Å². The highest BCUT2D eigenvalue weighted by atomic mass is 19.1. The lowest BCUT2D eigenvalue weighted by molar-refractivity contribution is -0.387. The largest absolute Gasteiger partial charge is 0.488 e. The van der Waals surface area contributed by atoms with E-state index in [9.17, 15) is 23.3 Å². The summed E-state index contributed by atoms with van der Waals surface area (Å²) < 4.78 is 47.2. The molecule has 3 aromatic rings. The summed E-state index contributed by atoms with van der Waals surface area (Å²) in [6.45, 7) is 0.0214. The highest BCUT2D eigenvalue weighted by molar-refractivity contribution is 5.73. The minimum atomic E-state index is -1.17. The van der Waals surface area contributed by atoms with Gasteiger partial charge in [-0.3, -0.25) is 10.1 Å². The molecule has 0 radical (unpaired) electrons. The molecule has 0 fully saturated rings. The molecule has 132 valence electrons. The molecule has 0 aromatic heterocycles. The van der Waals surface area contributed by atoms with Crippen LogP contribution in [0.3, 0.4) is 0 Å². The van der Waals surface area contributed by atoms with Crippen molar-refractivity contribution >= 4 is 5.69 Å². The van der Waals surface area contributed by atoms with Crippen LogP contribution in [0.15, 0.2) is 60.7 Å². The number of hydrogen-bond donors (Lipinski definition) is 0. The van der Waals surface area contributed by atoms with Gasteiger partial charge in [-0.2, -0.15) is 4.39 Å². The van der Waals surface area contributed by atoms with Crippen LogP contribution in [0.5, 0.6) is 5.75 Å². The molecule has 0 heterocycles. The van der Waals surface area contributed by atoms with Crippen LogP contribution >= 0.6 is 0 Å². The molecule has 0 amide bonds. The van der Waals surface area contributed by atoms with Gasteiger partial charge < -0.3 is 4.74 Å². The van der Waals surface area contributed by atoms with Crippen molar-refractivity contribution in [1.29, 1.82) is 0 Å². The first-order valence-electron chi connectivity index (χ1n) is 7.56. The average molecular weight is 359 g/mol. The molecule has 0 saturated carbocycles. The summed E-state index contributed by atoms with van der Waals surface area (Å²) in [7, 11) is 0. The quantitative estimate of drug-likeness (QED) is 0.461. The molecule has 3 rings (SSSR count). The highest BCUT2D eigenvalue weighted by Gasteiger charge is 2.22. The molecule has 0 saturated heterocycles. The van der Waals surface area contributed by atoms with E-state index in [0.717, 1.165) is 35.9 Å². The summed E-state index contributed by atoms with van der Waals surface area (Å²) in [5, 5.41) is 11.0. The van der Waals surface area contributed by atoms with Gasteiger partial charge in [-0.05, 0) is 29.8 Å². The van der Waals surface area contributed by atoms with Crippen molar-refractivity contribution in [2.75, 3.05) is 0 Å². The zero-order valence-electron chi connectivity index (χ0n) is 13.3. The van der Waals surface area contributed by atoms with Crippen molar-refractivity contribution in [2.45, 2.75) is 6.61 Å². The smallest absolute Gasteiger partial charge is 0.308 e. The molecule has 3 aromatic carbocycles. The van der Waals surface area contributed by atoms with Crippen LogP contribution in [0, 0.1) is 27.6 Å². The van der Waals surface area contributed by atoms with Crippen LogP contribution in [-0.2, 0) is 6.61 Å². The van der Waals surface area contributed by atoms with Crippen LogP contribution in [0.25, 0.3) is 11.1 Å². The Labute approximate surface area is 146 Å². The Balaban J connectivity index is 2.08. The molecule has 0 aliphatic heterocycles. The summed E-state index contributed by atoms with van der Waals surface area (Å²) in [4.78, 5) is 10.1. The summed E-state index contributed by atoms with van der Waals surface area (Å²) in [6.07, 6.45) is 0. The van der Waals surface area contributed by atoms with Crippen molar-refractivity contribution in [2.24, 2.45) is 0 Å². The molecule has 0 spiro atoms. The fourth-order valence-electron chi connectivity index (χ4n) is 2.45. The summed E-state index contributed by atoms with van der Waals surface area (Å²) in [5.74, 6) is -2.81. The summed E-state index contributed by atoms with van der Waals surface area (Å²) in [5.41, 5.74) is -0.415. The van der Waals surface area contributed by atoms with E-state index in [1.54, 1.807) is 30.3 Å². The molecule has 0 unspecified atom stereocenters. The first-order valence-corrected chi connectivity index (χ1v) is 7.56. The van der Waals surface area contributed by atoms with E-state index in [4.69, 9.17) is 4.74 Å². The van der Waals surface area contributed by atoms with E-state index < -0.39 is 28.1 Å². The van der Waals surface area contributed by atoms with Gasteiger partial charge in [-0.15, -0.1) is 0 Å². The average Bonchev–Trinajstić information content (AvgIpc) is 2.63. The lowest BCUT2D eigenvalue weighted by Crippen LogP contribution is -2.01.